The number of hydrogen-bond donors (Lipinski definition) is 3. The molecule has 1 atom stereocenters. The fourth-order valence-electron chi connectivity index (χ4n) is 3.41. The van der Waals surface area contributed by atoms with Crippen LogP contribution in [0.1, 0.15) is 30.1 Å². The van der Waals surface area contributed by atoms with Gasteiger partial charge in [-0.05, 0) is 68.8 Å². The molecule has 30 heavy (non-hydrogen) atoms. The van der Waals surface area contributed by atoms with Crippen molar-refractivity contribution in [3.8, 4) is 16.9 Å². The highest BCUT2D eigenvalue weighted by Gasteiger charge is 2.18. The van der Waals surface area contributed by atoms with Crippen molar-refractivity contribution in [3.63, 3.8) is 0 Å². The number of benzene rings is 2. The van der Waals surface area contributed by atoms with E-state index in [1.165, 1.54) is 25.0 Å². The molecule has 1 aliphatic rings. The molecular weight excluding hydrogens is 425 g/mol. The molecule has 1 aliphatic heterocycles. The van der Waals surface area contributed by atoms with E-state index in [1.54, 1.807) is 31.2 Å². The normalized spacial score (nSPS) is 15.0. The summed E-state index contributed by atoms with van der Waals surface area (Å²) in [6.07, 6.45) is 2.41. The molecule has 0 radical (unpaired) electrons. The lowest BCUT2D eigenvalue weighted by Gasteiger charge is -2.17. The van der Waals surface area contributed by atoms with Crippen LogP contribution in [0, 0.1) is 0 Å². The fraction of sp³-hybridized carbons (Fsp3) is 0.364. The number of rotatable bonds is 7. The van der Waals surface area contributed by atoms with Gasteiger partial charge in [-0.3, -0.25) is 9.59 Å². The lowest BCUT2D eigenvalue weighted by Crippen LogP contribution is -2.46. The Hall–Kier alpha value is -2.28. The molecule has 0 saturated carbocycles. The summed E-state index contributed by atoms with van der Waals surface area (Å²) in [5.74, 6) is -0.623. The quantitative estimate of drug-likeness (QED) is 0.601. The largest absolute Gasteiger partial charge is 0.507 e. The van der Waals surface area contributed by atoms with E-state index in [4.69, 9.17) is 23.2 Å². The van der Waals surface area contributed by atoms with Crippen molar-refractivity contribution >= 4 is 35.0 Å². The minimum absolute atomic E-state index is 0.0117. The Labute approximate surface area is 186 Å². The number of amides is 2. The molecule has 2 aromatic carbocycles. The summed E-state index contributed by atoms with van der Waals surface area (Å²) in [6.45, 7) is 5.16. The lowest BCUT2D eigenvalue weighted by atomic mass is 10.0. The highest BCUT2D eigenvalue weighted by atomic mass is 35.5. The third-order valence-corrected chi connectivity index (χ3v) is 5.90. The first-order valence-electron chi connectivity index (χ1n) is 9.94. The first-order chi connectivity index (χ1) is 14.3. The second-order valence-corrected chi connectivity index (χ2v) is 8.21. The van der Waals surface area contributed by atoms with E-state index in [1.807, 2.05) is 0 Å². The van der Waals surface area contributed by atoms with Crippen LogP contribution in [0.5, 0.6) is 5.75 Å². The average molecular weight is 450 g/mol. The maximum Gasteiger partial charge on any atom is 0.251 e. The maximum atomic E-state index is 12.6. The van der Waals surface area contributed by atoms with E-state index in [0.717, 1.165) is 19.6 Å². The Morgan fingerprint density at radius 3 is 2.53 bits per heavy atom. The Kier molecular flexibility index (Phi) is 7.58. The molecule has 2 amide bonds. The number of phenols is 1. The van der Waals surface area contributed by atoms with Gasteiger partial charge in [-0.25, -0.2) is 0 Å². The monoisotopic (exact) mass is 449 g/mol. The molecule has 3 N–H and O–H groups in total. The zero-order valence-corrected chi connectivity index (χ0v) is 18.3. The van der Waals surface area contributed by atoms with Gasteiger partial charge in [-0.2, -0.15) is 0 Å². The molecule has 3 rings (SSSR count). The molecule has 8 heteroatoms. The van der Waals surface area contributed by atoms with Crippen molar-refractivity contribution < 1.29 is 14.7 Å². The minimum atomic E-state index is -0.682. The van der Waals surface area contributed by atoms with Crippen molar-refractivity contribution in [2.45, 2.75) is 25.8 Å². The summed E-state index contributed by atoms with van der Waals surface area (Å²) in [4.78, 5) is 27.2. The fourth-order valence-corrected chi connectivity index (χ4v) is 3.71. The maximum absolute atomic E-state index is 12.6. The topological polar surface area (TPSA) is 81.7 Å². The number of phenolic OH excluding ortho intramolecular Hbond substituents is 1. The first kappa shape index (κ1) is 22.4. The lowest BCUT2D eigenvalue weighted by molar-refractivity contribution is -0.122. The first-order valence-corrected chi connectivity index (χ1v) is 10.7. The van der Waals surface area contributed by atoms with E-state index in [-0.39, 0.29) is 11.7 Å². The predicted molar refractivity (Wildman–Crippen MR) is 119 cm³/mol. The van der Waals surface area contributed by atoms with Crippen molar-refractivity contribution in [2.24, 2.45) is 0 Å². The summed E-state index contributed by atoms with van der Waals surface area (Å²) in [5.41, 5.74) is 1.40. The van der Waals surface area contributed by atoms with Crippen LogP contribution in [0.4, 0.5) is 0 Å². The molecule has 0 bridgehead atoms. The Balaban J connectivity index is 1.61. The molecule has 0 aromatic heterocycles. The van der Waals surface area contributed by atoms with Gasteiger partial charge in [0.05, 0.1) is 10.0 Å². The number of halogens is 2. The van der Waals surface area contributed by atoms with Crippen LogP contribution in [0.15, 0.2) is 36.4 Å². The zero-order chi connectivity index (χ0) is 21.7. The summed E-state index contributed by atoms with van der Waals surface area (Å²) >= 11 is 12.0. The van der Waals surface area contributed by atoms with E-state index < -0.39 is 11.9 Å². The van der Waals surface area contributed by atoms with E-state index in [9.17, 15) is 14.7 Å². The van der Waals surface area contributed by atoms with Crippen LogP contribution in [-0.2, 0) is 4.79 Å². The van der Waals surface area contributed by atoms with Crippen molar-refractivity contribution in [1.29, 1.82) is 0 Å². The van der Waals surface area contributed by atoms with Crippen LogP contribution in [0.3, 0.4) is 0 Å². The molecule has 1 unspecified atom stereocenters. The summed E-state index contributed by atoms with van der Waals surface area (Å²) in [6, 6.07) is 8.77. The van der Waals surface area contributed by atoms with E-state index in [0.29, 0.717) is 33.3 Å². The average Bonchev–Trinajstić information content (AvgIpc) is 3.23. The van der Waals surface area contributed by atoms with Gasteiger partial charge in [0.1, 0.15) is 11.8 Å². The van der Waals surface area contributed by atoms with Crippen molar-refractivity contribution in [2.75, 3.05) is 26.2 Å². The standard InChI is InChI=1S/C22H25Cl2N3O3/c1-14(21(29)25-8-11-27-9-2-3-10-27)26-22(30)16-5-7-20(28)17(12-16)15-4-6-18(23)19(24)13-15/h4-7,12-14,28H,2-3,8-11H2,1H3,(H,25,29)(H,26,30). The van der Waals surface area contributed by atoms with Gasteiger partial charge in [-0.15, -0.1) is 0 Å². The molecule has 1 heterocycles. The molecular formula is C22H25Cl2N3O3. The van der Waals surface area contributed by atoms with Crippen LogP contribution in [-0.4, -0.2) is 54.0 Å². The smallest absolute Gasteiger partial charge is 0.251 e. The van der Waals surface area contributed by atoms with E-state index >= 15 is 0 Å². The molecule has 0 spiro atoms. The van der Waals surface area contributed by atoms with Gasteiger partial charge >= 0.3 is 0 Å². The molecule has 6 nitrogen and oxygen atoms in total. The highest BCUT2D eigenvalue weighted by molar-refractivity contribution is 6.42. The molecule has 160 valence electrons. The Bertz CT molecular complexity index is 930. The number of aromatic hydroxyl groups is 1. The van der Waals surface area contributed by atoms with Gasteiger partial charge in [0, 0.05) is 24.2 Å². The van der Waals surface area contributed by atoms with Crippen LogP contribution in [0.25, 0.3) is 11.1 Å². The number of carbonyl (C=O) groups excluding carboxylic acids is 2. The molecule has 1 fully saturated rings. The summed E-state index contributed by atoms with van der Waals surface area (Å²) in [5, 5.41) is 16.5. The Morgan fingerprint density at radius 1 is 1.10 bits per heavy atom. The molecule has 2 aromatic rings. The second-order valence-electron chi connectivity index (χ2n) is 7.40. The van der Waals surface area contributed by atoms with Crippen molar-refractivity contribution in [1.82, 2.24) is 15.5 Å². The van der Waals surface area contributed by atoms with Crippen LogP contribution >= 0.6 is 23.2 Å². The second kappa shape index (κ2) is 10.2. The third-order valence-electron chi connectivity index (χ3n) is 5.16. The van der Waals surface area contributed by atoms with Crippen LogP contribution < -0.4 is 10.6 Å². The van der Waals surface area contributed by atoms with Gasteiger partial charge in [0.15, 0.2) is 0 Å². The Morgan fingerprint density at radius 2 is 1.83 bits per heavy atom. The van der Waals surface area contributed by atoms with Gasteiger partial charge in [0.25, 0.3) is 5.91 Å². The zero-order valence-electron chi connectivity index (χ0n) is 16.8. The predicted octanol–water partition coefficient (Wildman–Crippen LogP) is 3.70. The minimum Gasteiger partial charge on any atom is -0.507 e. The van der Waals surface area contributed by atoms with Crippen molar-refractivity contribution in [3.05, 3.63) is 52.0 Å². The van der Waals surface area contributed by atoms with Crippen LogP contribution in [0.2, 0.25) is 10.0 Å². The number of likely N-dealkylation sites (tertiary alicyclic amines) is 1. The molecule has 0 aliphatic carbocycles. The molecule has 1 saturated heterocycles. The number of carbonyl (C=O) groups is 2. The van der Waals surface area contributed by atoms with Gasteiger partial charge < -0.3 is 20.6 Å². The van der Waals surface area contributed by atoms with Gasteiger partial charge in [-0.1, -0.05) is 29.3 Å². The summed E-state index contributed by atoms with van der Waals surface area (Å²) < 4.78 is 0. The third kappa shape index (κ3) is 5.65. The number of nitrogens with zero attached hydrogens (tertiary/aromatic N) is 1. The highest BCUT2D eigenvalue weighted by Crippen LogP contribution is 2.34. The number of hydrogen-bond acceptors (Lipinski definition) is 4. The number of nitrogens with one attached hydrogen (secondary N) is 2. The van der Waals surface area contributed by atoms with E-state index in [2.05, 4.69) is 15.5 Å². The van der Waals surface area contributed by atoms with Gasteiger partial charge in [0.2, 0.25) is 5.91 Å². The summed E-state index contributed by atoms with van der Waals surface area (Å²) in [7, 11) is 0. The SMILES string of the molecule is CC(NC(=O)c1ccc(O)c(-c2ccc(Cl)c(Cl)c2)c1)C(=O)NCCN1CCCC1.